The molecule has 1 N–H and O–H groups in total. The lowest BCUT2D eigenvalue weighted by Crippen LogP contribution is -2.01. The molecule has 2 aromatic carbocycles. The number of nitrogens with zero attached hydrogens (tertiary/aromatic N) is 2. The van der Waals surface area contributed by atoms with Gasteiger partial charge in [-0.1, -0.05) is 35.9 Å². The van der Waals surface area contributed by atoms with E-state index < -0.39 is 5.97 Å². The van der Waals surface area contributed by atoms with Crippen LogP contribution < -0.4 is 0 Å². The van der Waals surface area contributed by atoms with Crippen molar-refractivity contribution in [1.82, 2.24) is 9.78 Å². The molecule has 0 unspecified atom stereocenters. The summed E-state index contributed by atoms with van der Waals surface area (Å²) in [6, 6.07) is 10.6. The molecule has 94 valence electrons. The van der Waals surface area contributed by atoms with Gasteiger partial charge in [0, 0.05) is 11.6 Å². The fraction of sp³-hybridized carbons (Fsp3) is 0. The Morgan fingerprint density at radius 2 is 1.89 bits per heavy atom. The van der Waals surface area contributed by atoms with Crippen LogP contribution in [0.1, 0.15) is 10.4 Å². The predicted molar refractivity (Wildman–Crippen MR) is 73.0 cm³/mol. The van der Waals surface area contributed by atoms with Gasteiger partial charge in [-0.05, 0) is 17.5 Å². The number of rotatable bonds is 2. The van der Waals surface area contributed by atoms with Gasteiger partial charge in [-0.25, -0.2) is 9.48 Å². The summed E-state index contributed by atoms with van der Waals surface area (Å²) in [5, 5.41) is 15.4. The summed E-state index contributed by atoms with van der Waals surface area (Å²) in [4.78, 5) is 11.2. The van der Waals surface area contributed by atoms with E-state index in [0.717, 1.165) is 11.1 Å². The number of carboxylic acids is 1. The number of carbonyl (C=O) groups is 1. The van der Waals surface area contributed by atoms with Crippen LogP contribution in [0.15, 0.2) is 48.8 Å². The maximum Gasteiger partial charge on any atom is 0.336 e. The molecule has 0 aliphatic carbocycles. The number of fused-ring (bicyclic) bond motifs is 1. The number of aromatic nitrogens is 2. The molecule has 4 nitrogen and oxygen atoms in total. The number of halogens is 1. The number of hydrogen-bond donors (Lipinski definition) is 1. The number of aromatic carboxylic acids is 1. The SMILES string of the molecule is O=C(O)c1ccc(-n2cc(Cl)cn2)c2ccccc12. The molecule has 1 aromatic heterocycles. The van der Waals surface area contributed by atoms with E-state index in [0.29, 0.717) is 10.4 Å². The molecule has 5 heteroatoms. The van der Waals surface area contributed by atoms with Gasteiger partial charge in [0.2, 0.25) is 0 Å². The summed E-state index contributed by atoms with van der Waals surface area (Å²) in [5.74, 6) is -0.943. The van der Waals surface area contributed by atoms with Crippen molar-refractivity contribution < 1.29 is 9.90 Å². The highest BCUT2D eigenvalue weighted by Gasteiger charge is 2.12. The average molecular weight is 273 g/mol. The quantitative estimate of drug-likeness (QED) is 0.778. The molecule has 0 atom stereocenters. The van der Waals surface area contributed by atoms with E-state index in [4.69, 9.17) is 11.6 Å². The van der Waals surface area contributed by atoms with Gasteiger partial charge in [0.1, 0.15) is 0 Å². The molecule has 0 fully saturated rings. The zero-order valence-electron chi connectivity index (χ0n) is 9.75. The zero-order valence-corrected chi connectivity index (χ0v) is 10.5. The standard InChI is InChI=1S/C14H9ClN2O2/c15-9-7-16-17(8-9)13-6-5-12(14(18)19)10-3-1-2-4-11(10)13/h1-8H,(H,18,19). The highest BCUT2D eigenvalue weighted by atomic mass is 35.5. The van der Waals surface area contributed by atoms with E-state index in [9.17, 15) is 9.90 Å². The highest BCUT2D eigenvalue weighted by molar-refractivity contribution is 6.30. The second-order valence-electron chi connectivity index (χ2n) is 4.09. The summed E-state index contributed by atoms with van der Waals surface area (Å²) < 4.78 is 1.64. The fourth-order valence-corrected chi connectivity index (χ4v) is 2.24. The van der Waals surface area contributed by atoms with Gasteiger partial charge in [0.25, 0.3) is 0 Å². The van der Waals surface area contributed by atoms with Crippen molar-refractivity contribution in [3.63, 3.8) is 0 Å². The van der Waals surface area contributed by atoms with Crippen molar-refractivity contribution in [1.29, 1.82) is 0 Å². The molecule has 0 spiro atoms. The van der Waals surface area contributed by atoms with Gasteiger partial charge in [0.05, 0.1) is 22.5 Å². The zero-order chi connectivity index (χ0) is 13.4. The number of carboxylic acid groups (broad SMARTS) is 1. The maximum absolute atomic E-state index is 11.2. The molecule has 0 aliphatic rings. The van der Waals surface area contributed by atoms with E-state index in [1.54, 1.807) is 35.3 Å². The number of benzene rings is 2. The van der Waals surface area contributed by atoms with Crippen LogP contribution in [-0.4, -0.2) is 20.9 Å². The first kappa shape index (κ1) is 11.7. The van der Waals surface area contributed by atoms with Gasteiger partial charge < -0.3 is 5.11 Å². The van der Waals surface area contributed by atoms with Crippen molar-refractivity contribution in [2.75, 3.05) is 0 Å². The Morgan fingerprint density at radius 3 is 2.53 bits per heavy atom. The summed E-state index contributed by atoms with van der Waals surface area (Å²) >= 11 is 5.87. The lowest BCUT2D eigenvalue weighted by Gasteiger charge is -2.08. The van der Waals surface area contributed by atoms with E-state index in [-0.39, 0.29) is 5.56 Å². The van der Waals surface area contributed by atoms with Crippen LogP contribution in [0.3, 0.4) is 0 Å². The third kappa shape index (κ3) is 1.96. The minimum absolute atomic E-state index is 0.276. The summed E-state index contributed by atoms with van der Waals surface area (Å²) in [6.45, 7) is 0. The van der Waals surface area contributed by atoms with E-state index in [2.05, 4.69) is 5.10 Å². The molecule has 3 rings (SSSR count). The first-order valence-electron chi connectivity index (χ1n) is 5.62. The van der Waals surface area contributed by atoms with E-state index in [1.165, 1.54) is 0 Å². The van der Waals surface area contributed by atoms with Crippen molar-refractivity contribution in [2.45, 2.75) is 0 Å². The Morgan fingerprint density at radius 1 is 1.16 bits per heavy atom. The second kappa shape index (κ2) is 4.40. The third-order valence-electron chi connectivity index (χ3n) is 2.93. The first-order chi connectivity index (χ1) is 9.16. The molecule has 0 saturated carbocycles. The minimum Gasteiger partial charge on any atom is -0.478 e. The van der Waals surface area contributed by atoms with Crippen LogP contribution in [0.2, 0.25) is 5.02 Å². The third-order valence-corrected chi connectivity index (χ3v) is 3.12. The van der Waals surface area contributed by atoms with Crippen molar-refractivity contribution in [3.05, 3.63) is 59.4 Å². The summed E-state index contributed by atoms with van der Waals surface area (Å²) in [5.41, 5.74) is 1.07. The van der Waals surface area contributed by atoms with Crippen molar-refractivity contribution >= 4 is 28.3 Å². The predicted octanol–water partition coefficient (Wildman–Crippen LogP) is 3.38. The molecular weight excluding hydrogens is 264 g/mol. The average Bonchev–Trinajstić information content (AvgIpc) is 2.83. The Kier molecular flexibility index (Phi) is 2.72. The molecule has 19 heavy (non-hydrogen) atoms. The summed E-state index contributed by atoms with van der Waals surface area (Å²) in [6.07, 6.45) is 3.23. The molecule has 0 amide bonds. The highest BCUT2D eigenvalue weighted by Crippen LogP contribution is 2.26. The topological polar surface area (TPSA) is 55.1 Å². The molecular formula is C14H9ClN2O2. The van der Waals surface area contributed by atoms with Gasteiger partial charge in [-0.15, -0.1) is 0 Å². The van der Waals surface area contributed by atoms with Crippen molar-refractivity contribution in [2.24, 2.45) is 0 Å². The molecule has 0 bridgehead atoms. The smallest absolute Gasteiger partial charge is 0.336 e. The lowest BCUT2D eigenvalue weighted by molar-refractivity contribution is 0.0699. The Hall–Kier alpha value is -2.33. The molecule has 0 radical (unpaired) electrons. The van der Waals surface area contributed by atoms with Crippen LogP contribution in [-0.2, 0) is 0 Å². The molecule has 1 heterocycles. The minimum atomic E-state index is -0.943. The van der Waals surface area contributed by atoms with Crippen LogP contribution in [0.5, 0.6) is 0 Å². The van der Waals surface area contributed by atoms with E-state index in [1.807, 2.05) is 18.2 Å². The van der Waals surface area contributed by atoms with Crippen LogP contribution in [0, 0.1) is 0 Å². The van der Waals surface area contributed by atoms with Gasteiger partial charge >= 0.3 is 5.97 Å². The summed E-state index contributed by atoms with van der Waals surface area (Å²) in [7, 11) is 0. The van der Waals surface area contributed by atoms with E-state index >= 15 is 0 Å². The monoisotopic (exact) mass is 272 g/mol. The van der Waals surface area contributed by atoms with Crippen LogP contribution >= 0.6 is 11.6 Å². The Labute approximate surface area is 113 Å². The Balaban J connectivity index is 2.34. The van der Waals surface area contributed by atoms with Gasteiger partial charge in [-0.2, -0.15) is 5.10 Å². The normalized spacial score (nSPS) is 10.8. The molecule has 0 aliphatic heterocycles. The van der Waals surface area contributed by atoms with Gasteiger partial charge in [0.15, 0.2) is 0 Å². The fourth-order valence-electron chi connectivity index (χ4n) is 2.10. The largest absolute Gasteiger partial charge is 0.478 e. The molecule has 0 saturated heterocycles. The van der Waals surface area contributed by atoms with Crippen LogP contribution in [0.4, 0.5) is 0 Å². The van der Waals surface area contributed by atoms with Crippen molar-refractivity contribution in [3.8, 4) is 5.69 Å². The van der Waals surface area contributed by atoms with Crippen LogP contribution in [0.25, 0.3) is 16.5 Å². The number of hydrogen-bond acceptors (Lipinski definition) is 2. The first-order valence-corrected chi connectivity index (χ1v) is 6.00. The second-order valence-corrected chi connectivity index (χ2v) is 4.52. The Bertz CT molecular complexity index is 780. The van der Waals surface area contributed by atoms with Gasteiger partial charge in [-0.3, -0.25) is 0 Å². The maximum atomic E-state index is 11.2. The lowest BCUT2D eigenvalue weighted by atomic mass is 10.0. The molecule has 3 aromatic rings.